The van der Waals surface area contributed by atoms with Crippen LogP contribution in [-0.4, -0.2) is 35.4 Å². The first kappa shape index (κ1) is 18.8. The number of nitrogens with zero attached hydrogens (tertiary/aromatic N) is 2. The Kier molecular flexibility index (Phi) is 6.71. The predicted molar refractivity (Wildman–Crippen MR) is 96.6 cm³/mol. The first-order chi connectivity index (χ1) is 11.1. The van der Waals surface area contributed by atoms with Crippen molar-refractivity contribution < 1.29 is 9.18 Å². The molecule has 7 heteroatoms. The number of carbonyl (C=O) groups is 1. The van der Waals surface area contributed by atoms with Gasteiger partial charge in [-0.3, -0.25) is 9.78 Å². The SMILES string of the molecule is Cl.O=C(Cc1ccc(F)c(Br)c1)N1CCNCC1c1cccnc1. The van der Waals surface area contributed by atoms with E-state index in [-0.39, 0.29) is 36.6 Å². The van der Waals surface area contributed by atoms with E-state index in [1.807, 2.05) is 17.0 Å². The summed E-state index contributed by atoms with van der Waals surface area (Å²) in [6, 6.07) is 8.54. The van der Waals surface area contributed by atoms with Gasteiger partial charge in [0, 0.05) is 32.0 Å². The molecule has 0 saturated carbocycles. The predicted octanol–water partition coefficient (Wildman–Crippen LogP) is 3.12. The molecule has 1 aromatic carbocycles. The molecular weight excluding hydrogens is 397 g/mol. The first-order valence-electron chi connectivity index (χ1n) is 7.49. The lowest BCUT2D eigenvalue weighted by Gasteiger charge is -2.36. The Morgan fingerprint density at radius 1 is 1.42 bits per heavy atom. The number of nitrogens with one attached hydrogen (secondary N) is 1. The fraction of sp³-hybridized carbons (Fsp3) is 0.294. The molecule has 0 spiro atoms. The monoisotopic (exact) mass is 413 g/mol. The molecule has 128 valence electrons. The maximum atomic E-state index is 13.3. The minimum absolute atomic E-state index is 0. The second kappa shape index (κ2) is 8.55. The molecule has 1 saturated heterocycles. The highest BCUT2D eigenvalue weighted by molar-refractivity contribution is 9.10. The molecule has 0 bridgehead atoms. The number of benzene rings is 1. The number of hydrogen-bond acceptors (Lipinski definition) is 3. The summed E-state index contributed by atoms with van der Waals surface area (Å²) in [7, 11) is 0. The summed E-state index contributed by atoms with van der Waals surface area (Å²) in [6.07, 6.45) is 3.78. The number of carbonyl (C=O) groups excluding carboxylic acids is 1. The van der Waals surface area contributed by atoms with E-state index in [4.69, 9.17) is 0 Å². The largest absolute Gasteiger partial charge is 0.333 e. The Morgan fingerprint density at radius 3 is 2.96 bits per heavy atom. The molecule has 1 unspecified atom stereocenters. The molecule has 3 rings (SSSR count). The summed E-state index contributed by atoms with van der Waals surface area (Å²) in [5.41, 5.74) is 1.82. The van der Waals surface area contributed by atoms with Crippen LogP contribution in [0.25, 0.3) is 0 Å². The van der Waals surface area contributed by atoms with E-state index in [0.29, 0.717) is 17.6 Å². The Balaban J connectivity index is 0.00000208. The average molecular weight is 415 g/mol. The van der Waals surface area contributed by atoms with Crippen LogP contribution in [0.2, 0.25) is 0 Å². The summed E-state index contributed by atoms with van der Waals surface area (Å²) in [4.78, 5) is 18.7. The second-order valence-electron chi connectivity index (χ2n) is 5.52. The Hall–Kier alpha value is -1.50. The van der Waals surface area contributed by atoms with Crippen LogP contribution in [0.1, 0.15) is 17.2 Å². The normalized spacial score (nSPS) is 17.2. The molecule has 1 aliphatic rings. The minimum atomic E-state index is -0.323. The molecule has 1 amide bonds. The molecular formula is C17H18BrClFN3O. The van der Waals surface area contributed by atoms with Crippen LogP contribution in [0.3, 0.4) is 0 Å². The number of aromatic nitrogens is 1. The number of piperazine rings is 1. The maximum Gasteiger partial charge on any atom is 0.227 e. The number of hydrogen-bond donors (Lipinski definition) is 1. The van der Waals surface area contributed by atoms with Gasteiger partial charge in [0.25, 0.3) is 0 Å². The molecule has 1 atom stereocenters. The number of pyridine rings is 1. The van der Waals surface area contributed by atoms with E-state index in [2.05, 4.69) is 26.2 Å². The van der Waals surface area contributed by atoms with E-state index in [1.165, 1.54) is 6.07 Å². The van der Waals surface area contributed by atoms with E-state index in [1.54, 1.807) is 24.5 Å². The summed E-state index contributed by atoms with van der Waals surface area (Å²) in [5, 5.41) is 3.32. The smallest absolute Gasteiger partial charge is 0.227 e. The van der Waals surface area contributed by atoms with Crippen molar-refractivity contribution in [3.63, 3.8) is 0 Å². The maximum absolute atomic E-state index is 13.3. The Morgan fingerprint density at radius 2 is 2.25 bits per heavy atom. The number of amides is 1. The highest BCUT2D eigenvalue weighted by atomic mass is 79.9. The third-order valence-corrected chi connectivity index (χ3v) is 4.58. The van der Waals surface area contributed by atoms with Gasteiger partial charge in [0.2, 0.25) is 5.91 Å². The molecule has 1 aromatic heterocycles. The lowest BCUT2D eigenvalue weighted by Crippen LogP contribution is -2.49. The van der Waals surface area contributed by atoms with Crippen molar-refractivity contribution in [3.05, 3.63) is 64.1 Å². The van der Waals surface area contributed by atoms with Gasteiger partial charge in [-0.05, 0) is 45.3 Å². The summed E-state index contributed by atoms with van der Waals surface area (Å²) >= 11 is 3.16. The minimum Gasteiger partial charge on any atom is -0.333 e. The van der Waals surface area contributed by atoms with E-state index in [0.717, 1.165) is 17.7 Å². The van der Waals surface area contributed by atoms with E-state index < -0.39 is 0 Å². The van der Waals surface area contributed by atoms with Gasteiger partial charge >= 0.3 is 0 Å². The zero-order valence-corrected chi connectivity index (χ0v) is 15.3. The van der Waals surface area contributed by atoms with Gasteiger partial charge in [0.05, 0.1) is 16.9 Å². The van der Waals surface area contributed by atoms with Crippen LogP contribution in [0.5, 0.6) is 0 Å². The fourth-order valence-electron chi connectivity index (χ4n) is 2.80. The fourth-order valence-corrected chi connectivity index (χ4v) is 3.23. The summed E-state index contributed by atoms with van der Waals surface area (Å²) in [5.74, 6) is -0.282. The third kappa shape index (κ3) is 4.32. The quantitative estimate of drug-likeness (QED) is 0.839. The van der Waals surface area contributed by atoms with Crippen LogP contribution in [-0.2, 0) is 11.2 Å². The molecule has 1 N–H and O–H groups in total. The second-order valence-corrected chi connectivity index (χ2v) is 6.37. The van der Waals surface area contributed by atoms with Gasteiger partial charge < -0.3 is 10.2 Å². The first-order valence-corrected chi connectivity index (χ1v) is 8.28. The molecule has 1 fully saturated rings. The van der Waals surface area contributed by atoms with Gasteiger partial charge in [-0.1, -0.05) is 12.1 Å². The van der Waals surface area contributed by atoms with Crippen molar-refractivity contribution in [2.75, 3.05) is 19.6 Å². The number of rotatable bonds is 3. The van der Waals surface area contributed by atoms with Crippen LogP contribution in [0, 0.1) is 5.82 Å². The van der Waals surface area contributed by atoms with Crippen LogP contribution in [0.4, 0.5) is 4.39 Å². The molecule has 2 aromatic rings. The number of halogens is 3. The van der Waals surface area contributed by atoms with Gasteiger partial charge in [0.1, 0.15) is 5.82 Å². The van der Waals surface area contributed by atoms with Crippen LogP contribution >= 0.6 is 28.3 Å². The van der Waals surface area contributed by atoms with Crippen molar-refractivity contribution in [3.8, 4) is 0 Å². The standard InChI is InChI=1S/C17H17BrFN3O.ClH/c18-14-8-12(3-4-15(14)19)9-17(23)22-7-6-21-11-16(22)13-2-1-5-20-10-13;/h1-5,8,10,16,21H,6-7,9,11H2;1H. The molecule has 4 nitrogen and oxygen atoms in total. The highest BCUT2D eigenvalue weighted by Crippen LogP contribution is 2.23. The van der Waals surface area contributed by atoms with Gasteiger partial charge in [0.15, 0.2) is 0 Å². The van der Waals surface area contributed by atoms with Crippen LogP contribution in [0.15, 0.2) is 47.2 Å². The lowest BCUT2D eigenvalue weighted by atomic mass is 10.0. The van der Waals surface area contributed by atoms with Gasteiger partial charge in [-0.25, -0.2) is 4.39 Å². The summed E-state index contributed by atoms with van der Waals surface area (Å²) < 4.78 is 13.7. The lowest BCUT2D eigenvalue weighted by molar-refractivity contribution is -0.133. The van der Waals surface area contributed by atoms with Crippen LogP contribution < -0.4 is 5.32 Å². The molecule has 24 heavy (non-hydrogen) atoms. The van der Waals surface area contributed by atoms with E-state index >= 15 is 0 Å². The molecule has 0 radical (unpaired) electrons. The highest BCUT2D eigenvalue weighted by Gasteiger charge is 2.27. The molecule has 0 aliphatic carbocycles. The van der Waals surface area contributed by atoms with Crippen molar-refractivity contribution in [1.29, 1.82) is 0 Å². The Bertz CT molecular complexity index is 701. The van der Waals surface area contributed by atoms with E-state index in [9.17, 15) is 9.18 Å². The molecule has 1 aliphatic heterocycles. The third-order valence-electron chi connectivity index (χ3n) is 3.97. The van der Waals surface area contributed by atoms with Crippen molar-refractivity contribution in [2.45, 2.75) is 12.5 Å². The Labute approximate surface area is 155 Å². The van der Waals surface area contributed by atoms with Crippen molar-refractivity contribution >= 4 is 34.2 Å². The summed E-state index contributed by atoms with van der Waals surface area (Å²) in [6.45, 7) is 2.14. The van der Waals surface area contributed by atoms with Gasteiger partial charge in [-0.2, -0.15) is 0 Å². The topological polar surface area (TPSA) is 45.2 Å². The average Bonchev–Trinajstić information content (AvgIpc) is 2.59. The van der Waals surface area contributed by atoms with Crippen molar-refractivity contribution in [1.82, 2.24) is 15.2 Å². The van der Waals surface area contributed by atoms with Crippen molar-refractivity contribution in [2.24, 2.45) is 0 Å². The zero-order chi connectivity index (χ0) is 16.2. The molecule has 2 heterocycles. The zero-order valence-electron chi connectivity index (χ0n) is 12.9. The van der Waals surface area contributed by atoms with Gasteiger partial charge in [-0.15, -0.1) is 12.4 Å².